The Bertz CT molecular complexity index is 99.2. The zero-order valence-corrected chi connectivity index (χ0v) is 8.60. The maximum Gasteiger partial charge on any atom is 0.00360 e. The summed E-state index contributed by atoms with van der Waals surface area (Å²) in [4.78, 5) is 0. The van der Waals surface area contributed by atoms with Crippen LogP contribution in [0.3, 0.4) is 0 Å². The molecule has 0 aromatic rings. The van der Waals surface area contributed by atoms with Crippen molar-refractivity contribution in [2.24, 2.45) is 0 Å². The summed E-state index contributed by atoms with van der Waals surface area (Å²) in [5.74, 6) is 0. The standard InChI is InChI=1S/C11H23N/c1-4-6-7-8-9-10-12-11(3)5-2/h4,11-12H,1,5-10H2,2-3H3. The highest BCUT2D eigenvalue weighted by Crippen LogP contribution is 1.99. The first-order valence-electron chi connectivity index (χ1n) is 5.15. The van der Waals surface area contributed by atoms with Crippen LogP contribution in [0.1, 0.15) is 46.0 Å². The Morgan fingerprint density at radius 1 is 1.33 bits per heavy atom. The van der Waals surface area contributed by atoms with Crippen molar-refractivity contribution in [2.75, 3.05) is 6.54 Å². The maximum atomic E-state index is 3.70. The predicted octanol–water partition coefficient (Wildman–Crippen LogP) is 3.12. The molecule has 1 atom stereocenters. The monoisotopic (exact) mass is 169 g/mol. The first-order valence-corrected chi connectivity index (χ1v) is 5.15. The summed E-state index contributed by atoms with van der Waals surface area (Å²) in [6, 6.07) is 0.685. The minimum atomic E-state index is 0.685. The number of hydrogen-bond acceptors (Lipinski definition) is 1. The van der Waals surface area contributed by atoms with Gasteiger partial charge < -0.3 is 5.32 Å². The molecule has 0 amide bonds. The van der Waals surface area contributed by atoms with E-state index in [9.17, 15) is 0 Å². The lowest BCUT2D eigenvalue weighted by Gasteiger charge is -2.10. The lowest BCUT2D eigenvalue weighted by atomic mass is 10.2. The highest BCUT2D eigenvalue weighted by atomic mass is 14.9. The summed E-state index contributed by atoms with van der Waals surface area (Å²) in [5, 5.41) is 3.48. The van der Waals surface area contributed by atoms with Crippen molar-refractivity contribution in [2.45, 2.75) is 52.0 Å². The van der Waals surface area contributed by atoms with Gasteiger partial charge in [-0.2, -0.15) is 0 Å². The smallest absolute Gasteiger partial charge is 0.00360 e. The van der Waals surface area contributed by atoms with E-state index in [1.165, 1.54) is 38.6 Å². The molecular formula is C11H23N. The van der Waals surface area contributed by atoms with E-state index in [2.05, 4.69) is 25.7 Å². The van der Waals surface area contributed by atoms with Crippen molar-refractivity contribution < 1.29 is 0 Å². The zero-order valence-electron chi connectivity index (χ0n) is 8.60. The minimum absolute atomic E-state index is 0.685. The van der Waals surface area contributed by atoms with Crippen LogP contribution in [-0.2, 0) is 0 Å². The summed E-state index contributed by atoms with van der Waals surface area (Å²) < 4.78 is 0. The fourth-order valence-corrected chi connectivity index (χ4v) is 1.08. The molecule has 1 N–H and O–H groups in total. The van der Waals surface area contributed by atoms with Crippen LogP contribution in [0.2, 0.25) is 0 Å². The van der Waals surface area contributed by atoms with Crippen LogP contribution in [0.15, 0.2) is 12.7 Å². The van der Waals surface area contributed by atoms with E-state index < -0.39 is 0 Å². The summed E-state index contributed by atoms with van der Waals surface area (Å²) >= 11 is 0. The number of hydrogen-bond donors (Lipinski definition) is 1. The minimum Gasteiger partial charge on any atom is -0.314 e. The molecule has 0 saturated heterocycles. The summed E-state index contributed by atoms with van der Waals surface area (Å²) in [7, 11) is 0. The summed E-state index contributed by atoms with van der Waals surface area (Å²) in [5.41, 5.74) is 0. The number of nitrogens with one attached hydrogen (secondary N) is 1. The van der Waals surface area contributed by atoms with Crippen molar-refractivity contribution in [1.29, 1.82) is 0 Å². The molecule has 0 radical (unpaired) electrons. The van der Waals surface area contributed by atoms with E-state index in [0.717, 1.165) is 0 Å². The Kier molecular flexibility index (Phi) is 8.57. The molecular weight excluding hydrogens is 146 g/mol. The van der Waals surface area contributed by atoms with Gasteiger partial charge in [-0.05, 0) is 39.2 Å². The van der Waals surface area contributed by atoms with Crippen molar-refractivity contribution in [3.8, 4) is 0 Å². The molecule has 0 rings (SSSR count). The van der Waals surface area contributed by atoms with E-state index in [1.807, 2.05) is 6.08 Å². The molecule has 0 aliphatic rings. The third-order valence-electron chi connectivity index (χ3n) is 2.19. The largest absolute Gasteiger partial charge is 0.314 e. The zero-order chi connectivity index (χ0) is 9.23. The number of allylic oxidation sites excluding steroid dienone is 1. The van der Waals surface area contributed by atoms with Crippen LogP contribution in [0.4, 0.5) is 0 Å². The van der Waals surface area contributed by atoms with Crippen molar-refractivity contribution in [3.05, 3.63) is 12.7 Å². The molecule has 0 heterocycles. The maximum absolute atomic E-state index is 3.70. The van der Waals surface area contributed by atoms with Crippen LogP contribution in [0.5, 0.6) is 0 Å². The number of unbranched alkanes of at least 4 members (excludes halogenated alkanes) is 3. The molecule has 0 aliphatic heterocycles. The molecule has 1 nitrogen and oxygen atoms in total. The summed E-state index contributed by atoms with van der Waals surface area (Å²) in [6.45, 7) is 9.33. The first kappa shape index (κ1) is 11.7. The molecule has 0 aliphatic carbocycles. The Labute approximate surface area is 77.2 Å². The van der Waals surface area contributed by atoms with Gasteiger partial charge in [0.1, 0.15) is 0 Å². The van der Waals surface area contributed by atoms with Gasteiger partial charge in [-0.15, -0.1) is 6.58 Å². The van der Waals surface area contributed by atoms with Crippen LogP contribution < -0.4 is 5.32 Å². The molecule has 0 saturated carbocycles. The lowest BCUT2D eigenvalue weighted by Crippen LogP contribution is -2.25. The Balaban J connectivity index is 2.95. The average Bonchev–Trinajstić information content (AvgIpc) is 2.10. The SMILES string of the molecule is C=CCCCCCNC(C)CC. The van der Waals surface area contributed by atoms with Crippen molar-refractivity contribution >= 4 is 0 Å². The van der Waals surface area contributed by atoms with Gasteiger partial charge in [0, 0.05) is 6.04 Å². The predicted molar refractivity (Wildman–Crippen MR) is 56.4 cm³/mol. The molecule has 1 unspecified atom stereocenters. The van der Waals surface area contributed by atoms with Gasteiger partial charge in [-0.25, -0.2) is 0 Å². The molecule has 0 fully saturated rings. The van der Waals surface area contributed by atoms with Crippen LogP contribution in [0, 0.1) is 0 Å². The van der Waals surface area contributed by atoms with Gasteiger partial charge in [-0.1, -0.05) is 19.4 Å². The van der Waals surface area contributed by atoms with Gasteiger partial charge in [0.15, 0.2) is 0 Å². The fourth-order valence-electron chi connectivity index (χ4n) is 1.08. The second-order valence-electron chi connectivity index (χ2n) is 3.40. The van der Waals surface area contributed by atoms with E-state index >= 15 is 0 Å². The third-order valence-corrected chi connectivity index (χ3v) is 2.19. The molecule has 0 aromatic heterocycles. The van der Waals surface area contributed by atoms with E-state index in [0.29, 0.717) is 6.04 Å². The van der Waals surface area contributed by atoms with Gasteiger partial charge in [0.25, 0.3) is 0 Å². The average molecular weight is 169 g/mol. The van der Waals surface area contributed by atoms with Crippen LogP contribution in [0.25, 0.3) is 0 Å². The molecule has 0 bridgehead atoms. The third kappa shape index (κ3) is 7.80. The summed E-state index contributed by atoms with van der Waals surface area (Å²) in [6.07, 6.45) is 8.33. The van der Waals surface area contributed by atoms with Crippen molar-refractivity contribution in [3.63, 3.8) is 0 Å². The van der Waals surface area contributed by atoms with Crippen LogP contribution in [-0.4, -0.2) is 12.6 Å². The highest BCUT2D eigenvalue weighted by Gasteiger charge is 1.94. The van der Waals surface area contributed by atoms with Crippen molar-refractivity contribution in [1.82, 2.24) is 5.32 Å². The van der Waals surface area contributed by atoms with Gasteiger partial charge in [0.05, 0.1) is 0 Å². The molecule has 0 spiro atoms. The normalized spacial score (nSPS) is 12.8. The fraction of sp³-hybridized carbons (Fsp3) is 0.818. The molecule has 72 valence electrons. The number of rotatable bonds is 8. The Hall–Kier alpha value is -0.300. The Morgan fingerprint density at radius 2 is 2.08 bits per heavy atom. The second kappa shape index (κ2) is 8.79. The van der Waals surface area contributed by atoms with Gasteiger partial charge in [-0.3, -0.25) is 0 Å². The highest BCUT2D eigenvalue weighted by molar-refractivity contribution is 4.65. The lowest BCUT2D eigenvalue weighted by molar-refractivity contribution is 0.512. The van der Waals surface area contributed by atoms with E-state index in [1.54, 1.807) is 0 Å². The first-order chi connectivity index (χ1) is 5.81. The van der Waals surface area contributed by atoms with Gasteiger partial charge >= 0.3 is 0 Å². The second-order valence-corrected chi connectivity index (χ2v) is 3.40. The van der Waals surface area contributed by atoms with E-state index in [-0.39, 0.29) is 0 Å². The van der Waals surface area contributed by atoms with Crippen LogP contribution >= 0.6 is 0 Å². The Morgan fingerprint density at radius 3 is 2.67 bits per heavy atom. The quantitative estimate of drug-likeness (QED) is 0.435. The molecule has 1 heteroatoms. The molecule has 12 heavy (non-hydrogen) atoms. The van der Waals surface area contributed by atoms with E-state index in [4.69, 9.17) is 0 Å². The topological polar surface area (TPSA) is 12.0 Å². The van der Waals surface area contributed by atoms with Gasteiger partial charge in [0.2, 0.25) is 0 Å². The molecule has 0 aromatic carbocycles.